The highest BCUT2D eigenvalue weighted by Crippen LogP contribution is 2.23. The van der Waals surface area contributed by atoms with Crippen molar-refractivity contribution in [3.63, 3.8) is 0 Å². The average Bonchev–Trinajstić information content (AvgIpc) is 2.27. The van der Waals surface area contributed by atoms with Gasteiger partial charge in [0.15, 0.2) is 0 Å². The Bertz CT molecular complexity index is 430. The van der Waals surface area contributed by atoms with Crippen LogP contribution in [0, 0.1) is 0 Å². The third-order valence-electron chi connectivity index (χ3n) is 2.36. The van der Waals surface area contributed by atoms with Gasteiger partial charge in [0.05, 0.1) is 0 Å². The molecular weight excluding hydrogens is 259 g/mol. The van der Waals surface area contributed by atoms with Crippen molar-refractivity contribution in [3.8, 4) is 0 Å². The number of hydrogen-bond acceptors (Lipinski definition) is 2. The molecule has 0 atom stereocenters. The predicted octanol–water partition coefficient (Wildman–Crippen LogP) is 3.33. The van der Waals surface area contributed by atoms with Gasteiger partial charge in [-0.05, 0) is 17.5 Å². The van der Waals surface area contributed by atoms with Gasteiger partial charge >= 0.3 is 6.18 Å². The Morgan fingerprint density at radius 3 is 2.53 bits per heavy atom. The maximum absolute atomic E-state index is 11.8. The molecule has 0 aliphatic heterocycles. The second-order valence-corrected chi connectivity index (χ2v) is 4.40. The van der Waals surface area contributed by atoms with Gasteiger partial charge in [-0.25, -0.2) is 0 Å². The molecule has 0 radical (unpaired) electrons. The van der Waals surface area contributed by atoms with E-state index in [0.717, 1.165) is 5.56 Å². The fourth-order valence-electron chi connectivity index (χ4n) is 1.56. The lowest BCUT2D eigenvalue weighted by atomic mass is 10.0. The molecule has 0 fully saturated rings. The van der Waals surface area contributed by atoms with Crippen molar-refractivity contribution < 1.29 is 22.7 Å². The Morgan fingerprint density at radius 2 is 1.95 bits per heavy atom. The first kappa shape index (κ1) is 15.5. The number of amides is 1. The van der Waals surface area contributed by atoms with Gasteiger partial charge in [-0.15, -0.1) is 0 Å². The normalized spacial score (nSPS) is 11.7. The van der Waals surface area contributed by atoms with Crippen molar-refractivity contribution in [1.82, 2.24) is 0 Å². The molecule has 19 heavy (non-hydrogen) atoms. The fraction of sp³-hybridized carbons (Fsp3) is 0.462. The lowest BCUT2D eigenvalue weighted by Crippen LogP contribution is -2.24. The van der Waals surface area contributed by atoms with E-state index in [1.165, 1.54) is 0 Å². The highest BCUT2D eigenvalue weighted by atomic mass is 19.4. The average molecular weight is 275 g/mol. The minimum Gasteiger partial charge on any atom is -0.362 e. The molecule has 3 nitrogen and oxygen atoms in total. The Kier molecular flexibility index (Phi) is 5.35. The Labute approximate surface area is 109 Å². The molecule has 0 aliphatic carbocycles. The number of nitrogens with one attached hydrogen (secondary N) is 1. The third kappa shape index (κ3) is 5.74. The summed E-state index contributed by atoms with van der Waals surface area (Å²) >= 11 is 0. The van der Waals surface area contributed by atoms with Gasteiger partial charge < -0.3 is 10.1 Å². The first-order valence-electron chi connectivity index (χ1n) is 5.83. The zero-order valence-electron chi connectivity index (χ0n) is 10.8. The number of rotatable bonds is 5. The number of ether oxygens (including phenoxy) is 1. The minimum atomic E-state index is -4.42. The Balaban J connectivity index is 2.53. The monoisotopic (exact) mass is 275 g/mol. The highest BCUT2D eigenvalue weighted by molar-refractivity contribution is 5.92. The van der Waals surface area contributed by atoms with Crippen molar-refractivity contribution in [2.75, 3.05) is 18.5 Å². The van der Waals surface area contributed by atoms with E-state index in [1.54, 1.807) is 12.1 Å². The smallest absolute Gasteiger partial charge is 0.362 e. The molecule has 1 aromatic carbocycles. The zero-order valence-corrected chi connectivity index (χ0v) is 10.8. The summed E-state index contributed by atoms with van der Waals surface area (Å²) in [4.78, 5) is 11.5. The molecule has 0 spiro atoms. The van der Waals surface area contributed by atoms with Crippen molar-refractivity contribution in [3.05, 3.63) is 29.8 Å². The SMILES string of the molecule is CC(C)c1ccccc1NC(=O)COCC(F)(F)F. The van der Waals surface area contributed by atoms with Crippen LogP contribution in [-0.2, 0) is 9.53 Å². The number of carbonyl (C=O) groups excluding carboxylic acids is 1. The zero-order chi connectivity index (χ0) is 14.5. The first-order chi connectivity index (χ1) is 8.79. The number of halogens is 3. The maximum atomic E-state index is 11.8. The molecule has 0 aliphatic rings. The first-order valence-corrected chi connectivity index (χ1v) is 5.83. The van der Waals surface area contributed by atoms with Crippen molar-refractivity contribution >= 4 is 11.6 Å². The summed E-state index contributed by atoms with van der Waals surface area (Å²) in [6, 6.07) is 7.15. The van der Waals surface area contributed by atoms with Crippen LogP contribution in [0.3, 0.4) is 0 Å². The molecular formula is C13H16F3NO2. The Hall–Kier alpha value is -1.56. The van der Waals surface area contributed by atoms with E-state index in [-0.39, 0.29) is 5.92 Å². The van der Waals surface area contributed by atoms with Crippen LogP contribution in [0.4, 0.5) is 18.9 Å². The van der Waals surface area contributed by atoms with Crippen LogP contribution in [0.2, 0.25) is 0 Å². The molecule has 0 saturated heterocycles. The van der Waals surface area contributed by atoms with E-state index < -0.39 is 25.3 Å². The van der Waals surface area contributed by atoms with Crippen LogP contribution in [0.15, 0.2) is 24.3 Å². The largest absolute Gasteiger partial charge is 0.411 e. The molecule has 0 bridgehead atoms. The number of hydrogen-bond donors (Lipinski definition) is 1. The van der Waals surface area contributed by atoms with Crippen LogP contribution in [-0.4, -0.2) is 25.3 Å². The molecule has 0 heterocycles. The van der Waals surface area contributed by atoms with E-state index in [2.05, 4.69) is 10.1 Å². The van der Waals surface area contributed by atoms with Crippen molar-refractivity contribution in [2.24, 2.45) is 0 Å². The predicted molar refractivity (Wildman–Crippen MR) is 66.0 cm³/mol. The maximum Gasteiger partial charge on any atom is 0.411 e. The topological polar surface area (TPSA) is 38.3 Å². The standard InChI is InChI=1S/C13H16F3NO2/c1-9(2)10-5-3-4-6-11(10)17-12(18)7-19-8-13(14,15)16/h3-6,9H,7-8H2,1-2H3,(H,17,18). The molecule has 0 aromatic heterocycles. The molecule has 106 valence electrons. The quantitative estimate of drug-likeness (QED) is 0.895. The van der Waals surface area contributed by atoms with Crippen molar-refractivity contribution in [2.45, 2.75) is 25.9 Å². The molecule has 1 N–H and O–H groups in total. The van der Waals surface area contributed by atoms with Gasteiger partial charge in [0.1, 0.15) is 13.2 Å². The van der Waals surface area contributed by atoms with Crippen molar-refractivity contribution in [1.29, 1.82) is 0 Å². The lowest BCUT2D eigenvalue weighted by Gasteiger charge is -2.14. The van der Waals surface area contributed by atoms with Gasteiger partial charge in [-0.1, -0.05) is 32.0 Å². The summed E-state index contributed by atoms with van der Waals surface area (Å²) in [5.74, 6) is -0.398. The van der Waals surface area contributed by atoms with Gasteiger partial charge in [0.25, 0.3) is 0 Å². The van der Waals surface area contributed by atoms with Gasteiger partial charge in [-0.3, -0.25) is 4.79 Å². The second kappa shape index (κ2) is 6.56. The van der Waals surface area contributed by atoms with Crippen LogP contribution in [0.1, 0.15) is 25.3 Å². The fourth-order valence-corrected chi connectivity index (χ4v) is 1.56. The lowest BCUT2D eigenvalue weighted by molar-refractivity contribution is -0.174. The summed E-state index contributed by atoms with van der Waals surface area (Å²) in [6.07, 6.45) is -4.42. The third-order valence-corrected chi connectivity index (χ3v) is 2.36. The van der Waals surface area contributed by atoms with Crippen LogP contribution in [0.5, 0.6) is 0 Å². The van der Waals surface area contributed by atoms with E-state index in [4.69, 9.17) is 0 Å². The van der Waals surface area contributed by atoms with Crippen LogP contribution >= 0.6 is 0 Å². The molecule has 1 amide bonds. The van der Waals surface area contributed by atoms with Crippen LogP contribution < -0.4 is 5.32 Å². The van der Waals surface area contributed by atoms with Gasteiger partial charge in [0.2, 0.25) is 5.91 Å². The summed E-state index contributed by atoms with van der Waals surface area (Å²) in [6.45, 7) is 1.88. The number of alkyl halides is 3. The van der Waals surface area contributed by atoms with Gasteiger partial charge in [0, 0.05) is 5.69 Å². The Morgan fingerprint density at radius 1 is 1.32 bits per heavy atom. The van der Waals surface area contributed by atoms with E-state index in [1.807, 2.05) is 26.0 Å². The molecule has 0 saturated carbocycles. The summed E-state index contributed by atoms with van der Waals surface area (Å²) in [7, 11) is 0. The molecule has 1 aromatic rings. The molecule has 0 unspecified atom stereocenters. The highest BCUT2D eigenvalue weighted by Gasteiger charge is 2.27. The molecule has 1 rings (SSSR count). The van der Waals surface area contributed by atoms with E-state index in [0.29, 0.717) is 5.69 Å². The van der Waals surface area contributed by atoms with Crippen LogP contribution in [0.25, 0.3) is 0 Å². The number of benzene rings is 1. The van der Waals surface area contributed by atoms with Gasteiger partial charge in [-0.2, -0.15) is 13.2 Å². The number of para-hydroxylation sites is 1. The molecule has 6 heteroatoms. The summed E-state index contributed by atoms with van der Waals surface area (Å²) < 4.78 is 39.8. The number of carbonyl (C=O) groups is 1. The number of anilines is 1. The van der Waals surface area contributed by atoms with E-state index in [9.17, 15) is 18.0 Å². The van der Waals surface area contributed by atoms with E-state index >= 15 is 0 Å². The second-order valence-electron chi connectivity index (χ2n) is 4.40. The minimum absolute atomic E-state index is 0.201. The summed E-state index contributed by atoms with van der Waals surface area (Å²) in [5, 5.41) is 2.55. The summed E-state index contributed by atoms with van der Waals surface area (Å²) in [5.41, 5.74) is 1.52.